The first kappa shape index (κ1) is 17.1. The molecule has 1 aromatic carbocycles. The number of carbonyl (C=O) groups is 2. The number of likely N-dealkylation sites (tertiary alicyclic amines) is 1. The smallest absolute Gasteiger partial charge is 0.292 e. The second kappa shape index (κ2) is 7.45. The number of imide groups is 1. The van der Waals surface area contributed by atoms with Crippen LogP contribution in [0.15, 0.2) is 24.3 Å². The van der Waals surface area contributed by atoms with Crippen molar-refractivity contribution in [3.05, 3.63) is 29.8 Å². The van der Waals surface area contributed by atoms with Gasteiger partial charge in [-0.25, -0.2) is 4.90 Å². The van der Waals surface area contributed by atoms with Crippen LogP contribution in [0, 0.1) is 0 Å². The van der Waals surface area contributed by atoms with Crippen LogP contribution in [-0.4, -0.2) is 42.2 Å². The molecule has 0 spiro atoms. The molecule has 2 saturated heterocycles. The Bertz CT molecular complexity index is 597. The quantitative estimate of drug-likeness (QED) is 0.781. The monoisotopic (exact) mass is 331 g/mol. The summed E-state index contributed by atoms with van der Waals surface area (Å²) in [4.78, 5) is 28.0. The molecule has 0 saturated carbocycles. The highest BCUT2D eigenvalue weighted by Gasteiger charge is 2.48. The first-order valence-corrected chi connectivity index (χ1v) is 9.08. The minimum absolute atomic E-state index is 0.0795. The van der Waals surface area contributed by atoms with Crippen LogP contribution in [0.3, 0.4) is 0 Å². The van der Waals surface area contributed by atoms with Gasteiger partial charge in [0.25, 0.3) is 5.91 Å². The van der Waals surface area contributed by atoms with Crippen molar-refractivity contribution in [3.63, 3.8) is 0 Å². The highest BCUT2D eigenvalue weighted by molar-refractivity contribution is 6.21. The molecule has 2 heterocycles. The summed E-state index contributed by atoms with van der Waals surface area (Å²) in [6.45, 7) is 3.14. The number of rotatable bonds is 5. The van der Waals surface area contributed by atoms with Gasteiger partial charge in [-0.1, -0.05) is 19.1 Å². The Labute approximate surface area is 143 Å². The van der Waals surface area contributed by atoms with E-state index in [2.05, 4.69) is 6.92 Å². The average Bonchev–Trinajstić information content (AvgIpc) is 2.90. The third-order valence-corrected chi connectivity index (χ3v) is 5.47. The lowest BCUT2D eigenvalue weighted by Gasteiger charge is -2.35. The van der Waals surface area contributed by atoms with Gasteiger partial charge >= 0.3 is 0 Å². The van der Waals surface area contributed by atoms with Crippen LogP contribution in [-0.2, 0) is 16.0 Å². The van der Waals surface area contributed by atoms with Gasteiger partial charge in [-0.05, 0) is 43.4 Å². The van der Waals surface area contributed by atoms with Crippen molar-refractivity contribution in [1.29, 1.82) is 0 Å². The van der Waals surface area contributed by atoms with Crippen molar-refractivity contribution < 1.29 is 19.6 Å². The maximum Gasteiger partial charge on any atom is 0.292 e. The number of aliphatic hydroxyl groups excluding tert-OH is 1. The van der Waals surface area contributed by atoms with Crippen molar-refractivity contribution in [1.82, 2.24) is 0 Å². The number of hydrogen-bond donors (Lipinski definition) is 2. The number of amides is 2. The van der Waals surface area contributed by atoms with E-state index in [0.717, 1.165) is 32.2 Å². The molecule has 5 nitrogen and oxygen atoms in total. The predicted octanol–water partition coefficient (Wildman–Crippen LogP) is 0.701. The largest absolute Gasteiger partial charge is 0.396 e. The Balaban J connectivity index is 1.79. The van der Waals surface area contributed by atoms with E-state index in [4.69, 9.17) is 0 Å². The Morgan fingerprint density at radius 3 is 2.62 bits per heavy atom. The number of anilines is 1. The number of carbonyl (C=O) groups excluding carboxylic acids is 2. The summed E-state index contributed by atoms with van der Waals surface area (Å²) < 4.78 is 0. The molecule has 2 amide bonds. The van der Waals surface area contributed by atoms with Crippen LogP contribution in [0.4, 0.5) is 5.69 Å². The van der Waals surface area contributed by atoms with E-state index in [1.54, 1.807) is 0 Å². The minimum Gasteiger partial charge on any atom is -0.396 e. The van der Waals surface area contributed by atoms with Gasteiger partial charge in [0.15, 0.2) is 6.04 Å². The molecule has 2 N–H and O–H groups in total. The molecule has 2 fully saturated rings. The van der Waals surface area contributed by atoms with E-state index >= 15 is 0 Å². The van der Waals surface area contributed by atoms with Crippen LogP contribution in [0.2, 0.25) is 0 Å². The first-order chi connectivity index (χ1) is 11.7. The Kier molecular flexibility index (Phi) is 5.31. The van der Waals surface area contributed by atoms with Crippen molar-refractivity contribution in [2.75, 3.05) is 18.1 Å². The number of nitrogens with one attached hydrogen (secondary N) is 1. The normalized spacial score (nSPS) is 27.8. The molecule has 24 heavy (non-hydrogen) atoms. The molecular weight excluding hydrogens is 304 g/mol. The van der Waals surface area contributed by atoms with Crippen LogP contribution >= 0.6 is 0 Å². The zero-order valence-corrected chi connectivity index (χ0v) is 14.3. The number of hydrogen-bond acceptors (Lipinski definition) is 3. The first-order valence-electron chi connectivity index (χ1n) is 9.08. The Hall–Kier alpha value is -1.72. The number of nitrogens with zero attached hydrogens (tertiary/aromatic N) is 1. The topological polar surface area (TPSA) is 62.1 Å². The summed E-state index contributed by atoms with van der Waals surface area (Å²) in [6, 6.07) is 7.69. The molecule has 0 radical (unpaired) electrons. The second-order valence-electron chi connectivity index (χ2n) is 6.87. The van der Waals surface area contributed by atoms with Crippen LogP contribution < -0.4 is 9.80 Å². The van der Waals surface area contributed by atoms with Crippen molar-refractivity contribution in [2.24, 2.45) is 0 Å². The van der Waals surface area contributed by atoms with Gasteiger partial charge in [-0.15, -0.1) is 0 Å². The number of piperidine rings is 1. The number of quaternary nitrogens is 1. The van der Waals surface area contributed by atoms with E-state index in [1.165, 1.54) is 15.4 Å². The fraction of sp³-hybridized carbons (Fsp3) is 0.579. The van der Waals surface area contributed by atoms with Crippen LogP contribution in [0.25, 0.3) is 0 Å². The molecule has 1 unspecified atom stereocenters. The van der Waals surface area contributed by atoms with Gasteiger partial charge in [0.1, 0.15) is 0 Å². The molecular formula is C19H27N2O3+. The molecule has 2 aliphatic rings. The number of aryl methyl sites for hydroxylation is 1. The molecule has 0 bridgehead atoms. The predicted molar refractivity (Wildman–Crippen MR) is 91.9 cm³/mol. The summed E-state index contributed by atoms with van der Waals surface area (Å²) in [5, 5.41) is 9.30. The number of aliphatic hydroxyl groups is 1. The Morgan fingerprint density at radius 1 is 1.21 bits per heavy atom. The standard InChI is InChI=1S/C19H26N2O3/c1-2-14-6-8-16(9-7-14)21-18(23)13-17(19(21)24)20-11-4-3-5-15(20)10-12-22/h6-9,15,17,22H,2-5,10-13H2,1H3/p+1/t15-,17-/m1/s1. The summed E-state index contributed by atoms with van der Waals surface area (Å²) in [6.07, 6.45) is 5.18. The van der Waals surface area contributed by atoms with E-state index < -0.39 is 0 Å². The lowest BCUT2D eigenvalue weighted by molar-refractivity contribution is -0.945. The lowest BCUT2D eigenvalue weighted by Crippen LogP contribution is -3.20. The van der Waals surface area contributed by atoms with Gasteiger partial charge in [-0.2, -0.15) is 0 Å². The van der Waals surface area contributed by atoms with Crippen molar-refractivity contribution >= 4 is 17.5 Å². The lowest BCUT2D eigenvalue weighted by atomic mass is 9.97. The maximum atomic E-state index is 12.9. The summed E-state index contributed by atoms with van der Waals surface area (Å²) in [7, 11) is 0. The molecule has 0 aliphatic carbocycles. The Morgan fingerprint density at radius 2 is 1.96 bits per heavy atom. The zero-order valence-electron chi connectivity index (χ0n) is 14.3. The second-order valence-corrected chi connectivity index (χ2v) is 6.87. The zero-order chi connectivity index (χ0) is 17.1. The molecule has 0 aromatic heterocycles. The van der Waals surface area contributed by atoms with E-state index in [0.29, 0.717) is 12.1 Å². The third kappa shape index (κ3) is 3.23. The fourth-order valence-corrected chi connectivity index (χ4v) is 4.13. The molecule has 1 aromatic rings. The van der Waals surface area contributed by atoms with E-state index in [1.807, 2.05) is 24.3 Å². The van der Waals surface area contributed by atoms with Gasteiger partial charge < -0.3 is 10.0 Å². The fourth-order valence-electron chi connectivity index (χ4n) is 4.13. The SMILES string of the molecule is CCc1ccc(N2C(=O)C[C@@H]([NH+]3CCCC[C@@H]3CCO)C2=O)cc1. The van der Waals surface area contributed by atoms with Crippen molar-refractivity contribution in [3.8, 4) is 0 Å². The molecule has 5 heteroatoms. The molecule has 3 atom stereocenters. The average molecular weight is 331 g/mol. The summed E-state index contributed by atoms with van der Waals surface area (Å²) in [5.74, 6) is -0.181. The third-order valence-electron chi connectivity index (χ3n) is 5.47. The summed E-state index contributed by atoms with van der Waals surface area (Å²) >= 11 is 0. The van der Waals surface area contributed by atoms with Crippen LogP contribution in [0.1, 0.15) is 44.6 Å². The van der Waals surface area contributed by atoms with E-state index in [-0.39, 0.29) is 36.9 Å². The molecule has 130 valence electrons. The van der Waals surface area contributed by atoms with Crippen LogP contribution in [0.5, 0.6) is 0 Å². The number of benzene rings is 1. The minimum atomic E-state index is -0.291. The van der Waals surface area contributed by atoms with E-state index in [9.17, 15) is 14.7 Å². The van der Waals surface area contributed by atoms with Gasteiger partial charge in [0, 0.05) is 13.0 Å². The van der Waals surface area contributed by atoms with Gasteiger partial charge in [0.2, 0.25) is 5.91 Å². The highest BCUT2D eigenvalue weighted by Crippen LogP contribution is 2.23. The highest BCUT2D eigenvalue weighted by atomic mass is 16.3. The molecule has 3 rings (SSSR count). The molecule has 2 aliphatic heterocycles. The van der Waals surface area contributed by atoms with Gasteiger partial charge in [0.05, 0.1) is 24.7 Å². The maximum absolute atomic E-state index is 12.9. The van der Waals surface area contributed by atoms with Crippen molar-refractivity contribution in [2.45, 2.75) is 57.5 Å². The summed E-state index contributed by atoms with van der Waals surface area (Å²) in [5.41, 5.74) is 1.87. The van der Waals surface area contributed by atoms with Gasteiger partial charge in [-0.3, -0.25) is 9.59 Å².